The minimum Gasteiger partial charge on any atom is -0.326 e. The van der Waals surface area contributed by atoms with Gasteiger partial charge in [-0.05, 0) is 29.5 Å². The number of benzene rings is 2. The van der Waals surface area contributed by atoms with E-state index in [1.807, 2.05) is 0 Å². The molecular formula is C18H14N4O4S. The molecule has 3 rings (SSSR count). The van der Waals surface area contributed by atoms with Crippen LogP contribution in [0.5, 0.6) is 0 Å². The number of amides is 2. The molecule has 136 valence electrons. The van der Waals surface area contributed by atoms with E-state index in [0.717, 1.165) is 11.3 Å². The summed E-state index contributed by atoms with van der Waals surface area (Å²) in [5.74, 6) is -0.735. The topological polar surface area (TPSA) is 114 Å². The van der Waals surface area contributed by atoms with Gasteiger partial charge in [0.1, 0.15) is 0 Å². The first-order chi connectivity index (χ1) is 12.9. The molecule has 0 aliphatic rings. The Hall–Kier alpha value is -3.59. The molecule has 0 aliphatic carbocycles. The van der Waals surface area contributed by atoms with E-state index in [1.165, 1.54) is 13.0 Å². The van der Waals surface area contributed by atoms with Crippen molar-refractivity contribution >= 4 is 39.0 Å². The summed E-state index contributed by atoms with van der Waals surface area (Å²) in [6, 6.07) is 15.1. The highest BCUT2D eigenvalue weighted by Crippen LogP contribution is 2.37. The number of anilines is 2. The van der Waals surface area contributed by atoms with Crippen LogP contribution in [0.4, 0.5) is 15.8 Å². The zero-order valence-electron chi connectivity index (χ0n) is 14.1. The van der Waals surface area contributed by atoms with Gasteiger partial charge in [-0.2, -0.15) is 0 Å². The van der Waals surface area contributed by atoms with Crippen LogP contribution in [-0.4, -0.2) is 21.7 Å². The van der Waals surface area contributed by atoms with Gasteiger partial charge in [-0.25, -0.2) is 4.98 Å². The predicted molar refractivity (Wildman–Crippen MR) is 103 cm³/mol. The maximum atomic E-state index is 12.5. The number of rotatable bonds is 5. The van der Waals surface area contributed by atoms with Crippen molar-refractivity contribution in [3.05, 3.63) is 70.3 Å². The van der Waals surface area contributed by atoms with E-state index < -0.39 is 10.8 Å². The summed E-state index contributed by atoms with van der Waals surface area (Å²) in [6.07, 6.45) is 0. The summed E-state index contributed by atoms with van der Waals surface area (Å²) in [4.78, 5) is 38.6. The van der Waals surface area contributed by atoms with Crippen LogP contribution in [0.1, 0.15) is 17.3 Å². The van der Waals surface area contributed by atoms with E-state index in [0.29, 0.717) is 16.8 Å². The zero-order chi connectivity index (χ0) is 19.4. The molecule has 1 heterocycles. The molecule has 2 N–H and O–H groups in total. The number of carbonyl (C=O) groups is 2. The molecule has 3 aromatic rings. The third-order valence-electron chi connectivity index (χ3n) is 3.49. The third-order valence-corrected chi connectivity index (χ3v) is 4.41. The van der Waals surface area contributed by atoms with Crippen LogP contribution in [0.15, 0.2) is 54.6 Å². The molecule has 1 aromatic heterocycles. The van der Waals surface area contributed by atoms with Gasteiger partial charge in [-0.15, -0.1) is 0 Å². The Morgan fingerprint density at radius 3 is 2.48 bits per heavy atom. The van der Waals surface area contributed by atoms with Crippen molar-refractivity contribution in [1.82, 2.24) is 4.98 Å². The quantitative estimate of drug-likeness (QED) is 0.512. The molecular weight excluding hydrogens is 368 g/mol. The standard InChI is InChI=1S/C18H14N4O4S/c1-11(23)19-14-9-5-8-13(10-14)16(24)21-18-20-15(17(27-18)22(25)26)12-6-3-2-4-7-12/h2-10H,1H3,(H,19,23)(H,20,21,24). The number of hydrogen-bond donors (Lipinski definition) is 2. The van der Waals surface area contributed by atoms with E-state index in [-0.39, 0.29) is 21.7 Å². The van der Waals surface area contributed by atoms with Gasteiger partial charge in [0.15, 0.2) is 10.8 Å². The van der Waals surface area contributed by atoms with Crippen molar-refractivity contribution in [2.75, 3.05) is 10.6 Å². The highest BCUT2D eigenvalue weighted by atomic mass is 32.1. The Labute approximate surface area is 158 Å². The van der Waals surface area contributed by atoms with E-state index in [4.69, 9.17) is 0 Å². The number of hydrogen-bond acceptors (Lipinski definition) is 6. The Kier molecular flexibility index (Phi) is 5.23. The van der Waals surface area contributed by atoms with Crippen LogP contribution in [0, 0.1) is 10.1 Å². The molecule has 0 aliphatic heterocycles. The van der Waals surface area contributed by atoms with E-state index in [1.54, 1.807) is 48.5 Å². The average molecular weight is 382 g/mol. The Morgan fingerprint density at radius 1 is 1.07 bits per heavy atom. The summed E-state index contributed by atoms with van der Waals surface area (Å²) in [5, 5.41) is 16.5. The summed E-state index contributed by atoms with van der Waals surface area (Å²) in [7, 11) is 0. The Balaban J connectivity index is 1.87. The van der Waals surface area contributed by atoms with Crippen molar-refractivity contribution in [3.63, 3.8) is 0 Å². The zero-order valence-corrected chi connectivity index (χ0v) is 14.9. The highest BCUT2D eigenvalue weighted by Gasteiger charge is 2.23. The van der Waals surface area contributed by atoms with Gasteiger partial charge in [-0.3, -0.25) is 25.0 Å². The maximum Gasteiger partial charge on any atom is 0.353 e. The van der Waals surface area contributed by atoms with Crippen molar-refractivity contribution in [1.29, 1.82) is 0 Å². The van der Waals surface area contributed by atoms with Crippen molar-refractivity contribution in [2.24, 2.45) is 0 Å². The second-order valence-electron chi connectivity index (χ2n) is 5.51. The lowest BCUT2D eigenvalue weighted by Crippen LogP contribution is -2.13. The molecule has 0 bridgehead atoms. The number of nitrogens with zero attached hydrogens (tertiary/aromatic N) is 2. The molecule has 0 spiro atoms. The summed E-state index contributed by atoms with van der Waals surface area (Å²) in [6.45, 7) is 1.37. The summed E-state index contributed by atoms with van der Waals surface area (Å²) >= 11 is 0.788. The molecule has 0 radical (unpaired) electrons. The second-order valence-corrected chi connectivity index (χ2v) is 6.49. The molecule has 0 saturated heterocycles. The summed E-state index contributed by atoms with van der Waals surface area (Å²) in [5.41, 5.74) is 1.56. The van der Waals surface area contributed by atoms with Gasteiger partial charge in [-0.1, -0.05) is 36.4 Å². The molecule has 0 saturated carbocycles. The van der Waals surface area contributed by atoms with Crippen molar-refractivity contribution in [3.8, 4) is 11.3 Å². The van der Waals surface area contributed by atoms with Gasteiger partial charge in [0, 0.05) is 23.7 Å². The fraction of sp³-hybridized carbons (Fsp3) is 0.0556. The minimum atomic E-state index is -0.521. The molecule has 0 unspecified atom stereocenters. The number of carbonyl (C=O) groups excluding carboxylic acids is 2. The number of nitro groups is 1. The third kappa shape index (κ3) is 4.33. The van der Waals surface area contributed by atoms with Crippen molar-refractivity contribution < 1.29 is 14.5 Å². The molecule has 2 aromatic carbocycles. The molecule has 0 atom stereocenters. The first-order valence-electron chi connectivity index (χ1n) is 7.83. The Bertz CT molecular complexity index is 1020. The molecule has 27 heavy (non-hydrogen) atoms. The predicted octanol–water partition coefficient (Wildman–Crippen LogP) is 3.93. The van der Waals surface area contributed by atoms with E-state index in [2.05, 4.69) is 15.6 Å². The highest BCUT2D eigenvalue weighted by molar-refractivity contribution is 7.19. The normalized spacial score (nSPS) is 10.3. The minimum absolute atomic E-state index is 0.121. The molecule has 8 nitrogen and oxygen atoms in total. The maximum absolute atomic E-state index is 12.5. The van der Waals surface area contributed by atoms with Gasteiger partial charge < -0.3 is 5.32 Å². The van der Waals surface area contributed by atoms with E-state index in [9.17, 15) is 19.7 Å². The number of nitrogens with one attached hydrogen (secondary N) is 2. The summed E-state index contributed by atoms with van der Waals surface area (Å²) < 4.78 is 0. The first-order valence-corrected chi connectivity index (χ1v) is 8.65. The van der Waals surface area contributed by atoms with Crippen LogP contribution < -0.4 is 10.6 Å². The van der Waals surface area contributed by atoms with Gasteiger partial charge >= 0.3 is 5.00 Å². The van der Waals surface area contributed by atoms with Gasteiger partial charge in [0.25, 0.3) is 5.91 Å². The van der Waals surface area contributed by atoms with Gasteiger partial charge in [0.05, 0.1) is 4.92 Å². The number of aromatic nitrogens is 1. The van der Waals surface area contributed by atoms with Gasteiger partial charge in [0.2, 0.25) is 5.91 Å². The molecule has 0 fully saturated rings. The largest absolute Gasteiger partial charge is 0.353 e. The molecule has 9 heteroatoms. The number of thiazole rings is 1. The smallest absolute Gasteiger partial charge is 0.326 e. The van der Waals surface area contributed by atoms with Crippen LogP contribution in [0.2, 0.25) is 0 Å². The van der Waals surface area contributed by atoms with E-state index >= 15 is 0 Å². The second kappa shape index (κ2) is 7.75. The lowest BCUT2D eigenvalue weighted by molar-refractivity contribution is -0.379. The molecule has 2 amide bonds. The van der Waals surface area contributed by atoms with Crippen LogP contribution >= 0.6 is 11.3 Å². The van der Waals surface area contributed by atoms with Crippen LogP contribution in [0.3, 0.4) is 0 Å². The monoisotopic (exact) mass is 382 g/mol. The van der Waals surface area contributed by atoms with Crippen molar-refractivity contribution in [2.45, 2.75) is 6.92 Å². The fourth-order valence-corrected chi connectivity index (χ4v) is 3.18. The lowest BCUT2D eigenvalue weighted by Gasteiger charge is -2.05. The average Bonchev–Trinajstić information content (AvgIpc) is 3.06. The van der Waals surface area contributed by atoms with Crippen LogP contribution in [0.25, 0.3) is 11.3 Å². The Morgan fingerprint density at radius 2 is 1.81 bits per heavy atom. The SMILES string of the molecule is CC(=O)Nc1cccc(C(=O)Nc2nc(-c3ccccc3)c([N+](=O)[O-])s2)c1. The van der Waals surface area contributed by atoms with Crippen LogP contribution in [-0.2, 0) is 4.79 Å². The lowest BCUT2D eigenvalue weighted by atomic mass is 10.2. The fourth-order valence-electron chi connectivity index (χ4n) is 2.38. The first kappa shape index (κ1) is 18.2.